The molecule has 2 rings (SSSR count). The van der Waals surface area contributed by atoms with E-state index in [0.717, 1.165) is 13.0 Å². The Labute approximate surface area is 137 Å². The van der Waals surface area contributed by atoms with Crippen molar-refractivity contribution in [1.82, 2.24) is 19.4 Å². The van der Waals surface area contributed by atoms with Crippen molar-refractivity contribution in [3.63, 3.8) is 0 Å². The van der Waals surface area contributed by atoms with E-state index >= 15 is 0 Å². The molecule has 23 heavy (non-hydrogen) atoms. The van der Waals surface area contributed by atoms with Crippen LogP contribution in [0.2, 0.25) is 0 Å². The normalized spacial score (nSPS) is 15.6. The molecule has 0 unspecified atom stereocenters. The fourth-order valence-electron chi connectivity index (χ4n) is 2.45. The number of nitrogens with zero attached hydrogens (tertiary/aromatic N) is 4. The van der Waals surface area contributed by atoms with Gasteiger partial charge in [-0.2, -0.15) is 0 Å². The average Bonchev–Trinajstić information content (AvgIpc) is 2.99. The van der Waals surface area contributed by atoms with Gasteiger partial charge in [-0.15, -0.1) is 0 Å². The van der Waals surface area contributed by atoms with Gasteiger partial charge in [-0.25, -0.2) is 9.78 Å². The summed E-state index contributed by atoms with van der Waals surface area (Å²) < 4.78 is 7.32. The van der Waals surface area contributed by atoms with Crippen molar-refractivity contribution in [3.05, 3.63) is 18.7 Å². The second-order valence-corrected chi connectivity index (χ2v) is 6.75. The highest BCUT2D eigenvalue weighted by Gasteiger charge is 2.27. The van der Waals surface area contributed by atoms with Gasteiger partial charge in [-0.3, -0.25) is 4.79 Å². The Bertz CT molecular complexity index is 514. The number of rotatable bonds is 4. The molecule has 0 N–H and O–H groups in total. The lowest BCUT2D eigenvalue weighted by Gasteiger charge is -2.35. The summed E-state index contributed by atoms with van der Waals surface area (Å²) in [6, 6.07) is 0. The molecule has 128 valence electrons. The zero-order valence-corrected chi connectivity index (χ0v) is 14.2. The van der Waals surface area contributed by atoms with E-state index in [2.05, 4.69) is 4.98 Å². The quantitative estimate of drug-likeness (QED) is 0.847. The lowest BCUT2D eigenvalue weighted by molar-refractivity contribution is -0.133. The van der Waals surface area contributed by atoms with Crippen molar-refractivity contribution in [2.24, 2.45) is 0 Å². The topological polar surface area (TPSA) is 67.7 Å². The van der Waals surface area contributed by atoms with Crippen LogP contribution in [0, 0.1) is 0 Å². The van der Waals surface area contributed by atoms with E-state index in [1.54, 1.807) is 17.4 Å². The van der Waals surface area contributed by atoms with Crippen molar-refractivity contribution in [3.8, 4) is 0 Å². The van der Waals surface area contributed by atoms with E-state index in [1.807, 2.05) is 36.4 Å². The number of piperazine rings is 1. The second kappa shape index (κ2) is 7.48. The first-order chi connectivity index (χ1) is 10.8. The van der Waals surface area contributed by atoms with Crippen molar-refractivity contribution in [1.29, 1.82) is 0 Å². The highest BCUT2D eigenvalue weighted by molar-refractivity contribution is 5.76. The standard InChI is InChI=1S/C16H26N4O3/c1-16(2,3)23-15(22)20-11-9-19(10-12-20)14(21)5-4-7-18-8-6-17-13-18/h6,8,13H,4-5,7,9-12H2,1-3H3. The predicted molar refractivity (Wildman–Crippen MR) is 85.8 cm³/mol. The summed E-state index contributed by atoms with van der Waals surface area (Å²) in [6.45, 7) is 8.56. The summed E-state index contributed by atoms with van der Waals surface area (Å²) >= 11 is 0. The van der Waals surface area contributed by atoms with Crippen LogP contribution in [-0.2, 0) is 16.1 Å². The molecular formula is C16H26N4O3. The summed E-state index contributed by atoms with van der Waals surface area (Å²) in [7, 11) is 0. The number of aryl methyl sites for hydroxylation is 1. The largest absolute Gasteiger partial charge is 0.444 e. The number of carbonyl (C=O) groups excluding carboxylic acids is 2. The van der Waals surface area contributed by atoms with Gasteiger partial charge < -0.3 is 19.1 Å². The molecule has 1 aliphatic heterocycles. The van der Waals surface area contributed by atoms with Gasteiger partial charge in [0, 0.05) is 51.5 Å². The van der Waals surface area contributed by atoms with Gasteiger partial charge in [0.15, 0.2) is 0 Å². The van der Waals surface area contributed by atoms with Gasteiger partial charge >= 0.3 is 6.09 Å². The molecule has 2 heterocycles. The van der Waals surface area contributed by atoms with Gasteiger partial charge in [0.25, 0.3) is 0 Å². The van der Waals surface area contributed by atoms with Crippen LogP contribution in [-0.4, -0.2) is 63.1 Å². The predicted octanol–water partition coefficient (Wildman–Crippen LogP) is 1.74. The highest BCUT2D eigenvalue weighted by Crippen LogP contribution is 2.12. The Morgan fingerprint density at radius 3 is 2.35 bits per heavy atom. The van der Waals surface area contributed by atoms with Crippen LogP contribution in [0.4, 0.5) is 4.79 Å². The molecule has 0 bridgehead atoms. The number of ether oxygens (including phenoxy) is 1. The molecule has 7 nitrogen and oxygen atoms in total. The molecule has 1 fully saturated rings. The van der Waals surface area contributed by atoms with E-state index in [9.17, 15) is 9.59 Å². The van der Waals surface area contributed by atoms with Crippen LogP contribution >= 0.6 is 0 Å². The van der Waals surface area contributed by atoms with Crippen LogP contribution in [0.5, 0.6) is 0 Å². The molecule has 1 aromatic heterocycles. The minimum Gasteiger partial charge on any atom is -0.444 e. The Kier molecular flexibility index (Phi) is 5.63. The van der Waals surface area contributed by atoms with E-state index in [4.69, 9.17) is 4.74 Å². The third-order valence-corrected chi connectivity index (χ3v) is 3.65. The summed E-state index contributed by atoms with van der Waals surface area (Å²) in [5.41, 5.74) is -0.489. The molecular weight excluding hydrogens is 296 g/mol. The Morgan fingerprint density at radius 1 is 1.13 bits per heavy atom. The molecule has 7 heteroatoms. The fourth-order valence-corrected chi connectivity index (χ4v) is 2.45. The van der Waals surface area contributed by atoms with Crippen molar-refractivity contribution >= 4 is 12.0 Å². The number of carbonyl (C=O) groups is 2. The van der Waals surface area contributed by atoms with Crippen molar-refractivity contribution in [2.75, 3.05) is 26.2 Å². The maximum atomic E-state index is 12.2. The van der Waals surface area contributed by atoms with Crippen molar-refractivity contribution < 1.29 is 14.3 Å². The first kappa shape index (κ1) is 17.3. The second-order valence-electron chi connectivity index (χ2n) is 6.75. The summed E-state index contributed by atoms with van der Waals surface area (Å²) in [6.07, 6.45) is 6.39. The molecule has 2 amide bonds. The highest BCUT2D eigenvalue weighted by atomic mass is 16.6. The van der Waals surface area contributed by atoms with Crippen LogP contribution in [0.15, 0.2) is 18.7 Å². The third kappa shape index (κ3) is 5.58. The Morgan fingerprint density at radius 2 is 1.78 bits per heavy atom. The van der Waals surface area contributed by atoms with Gasteiger partial charge in [0.2, 0.25) is 5.91 Å². The van der Waals surface area contributed by atoms with Gasteiger partial charge in [-0.1, -0.05) is 0 Å². The number of imidazole rings is 1. The van der Waals surface area contributed by atoms with Crippen LogP contribution in [0.1, 0.15) is 33.6 Å². The first-order valence-electron chi connectivity index (χ1n) is 8.06. The Balaban J connectivity index is 1.69. The number of hydrogen-bond donors (Lipinski definition) is 0. The maximum Gasteiger partial charge on any atom is 0.410 e. The molecule has 0 aromatic carbocycles. The SMILES string of the molecule is CC(C)(C)OC(=O)N1CCN(C(=O)CCCn2ccnc2)CC1. The molecule has 1 aliphatic rings. The smallest absolute Gasteiger partial charge is 0.410 e. The molecule has 0 atom stereocenters. The molecule has 0 radical (unpaired) electrons. The average molecular weight is 322 g/mol. The van der Waals surface area contributed by atoms with Crippen LogP contribution < -0.4 is 0 Å². The number of aromatic nitrogens is 2. The lowest BCUT2D eigenvalue weighted by atomic mass is 10.2. The summed E-state index contributed by atoms with van der Waals surface area (Å²) in [5.74, 6) is 0.147. The minimum atomic E-state index is -0.489. The third-order valence-electron chi connectivity index (χ3n) is 3.65. The fraction of sp³-hybridized carbons (Fsp3) is 0.688. The number of amides is 2. The maximum absolute atomic E-state index is 12.2. The van der Waals surface area contributed by atoms with E-state index in [0.29, 0.717) is 32.6 Å². The van der Waals surface area contributed by atoms with Gasteiger partial charge in [-0.05, 0) is 27.2 Å². The van der Waals surface area contributed by atoms with Gasteiger partial charge in [0.1, 0.15) is 5.60 Å². The molecule has 0 spiro atoms. The molecule has 1 aromatic rings. The molecule has 0 saturated carbocycles. The molecule has 0 aliphatic carbocycles. The zero-order chi connectivity index (χ0) is 16.9. The van der Waals surface area contributed by atoms with Crippen LogP contribution in [0.3, 0.4) is 0 Å². The molecule has 1 saturated heterocycles. The zero-order valence-electron chi connectivity index (χ0n) is 14.2. The summed E-state index contributed by atoms with van der Waals surface area (Å²) in [4.78, 5) is 31.7. The van der Waals surface area contributed by atoms with E-state index < -0.39 is 5.60 Å². The summed E-state index contributed by atoms with van der Waals surface area (Å²) in [5, 5.41) is 0. The first-order valence-corrected chi connectivity index (χ1v) is 8.06. The van der Waals surface area contributed by atoms with E-state index in [1.165, 1.54) is 0 Å². The minimum absolute atomic E-state index is 0.147. The van der Waals surface area contributed by atoms with Crippen molar-refractivity contribution in [2.45, 2.75) is 45.8 Å². The monoisotopic (exact) mass is 322 g/mol. The number of hydrogen-bond acceptors (Lipinski definition) is 4. The Hall–Kier alpha value is -2.05. The van der Waals surface area contributed by atoms with Gasteiger partial charge in [0.05, 0.1) is 6.33 Å². The van der Waals surface area contributed by atoms with Crippen LogP contribution in [0.25, 0.3) is 0 Å². The lowest BCUT2D eigenvalue weighted by Crippen LogP contribution is -2.51. The van der Waals surface area contributed by atoms with E-state index in [-0.39, 0.29) is 12.0 Å².